The van der Waals surface area contributed by atoms with Gasteiger partial charge in [-0.3, -0.25) is 0 Å². The Morgan fingerprint density at radius 2 is 1.46 bits per heavy atom. The highest BCUT2D eigenvalue weighted by molar-refractivity contribution is 6.99. The quantitative estimate of drug-likeness (QED) is 0.731. The smallest absolute Gasteiger partial charge is 0.261 e. The standard InChI is InChI=1S/C22H30O3Si/c1-22(2,3)26(19-11-7-5-8-12-19,20-13-9-6-10-14-20)25-16-18-15-24-17-21(18)23-4/h5-14,18,21H,15-17H2,1-4H3. The summed E-state index contributed by atoms with van der Waals surface area (Å²) in [6.45, 7) is 8.93. The molecule has 0 radical (unpaired) electrons. The van der Waals surface area contributed by atoms with Gasteiger partial charge in [-0.2, -0.15) is 0 Å². The Hall–Kier alpha value is -1.46. The zero-order valence-electron chi connectivity index (χ0n) is 16.3. The molecular formula is C22H30O3Si. The molecule has 0 spiro atoms. The maximum atomic E-state index is 6.96. The lowest BCUT2D eigenvalue weighted by molar-refractivity contribution is 0.0533. The third-order valence-corrected chi connectivity index (χ3v) is 10.4. The van der Waals surface area contributed by atoms with E-state index in [0.717, 1.165) is 0 Å². The second-order valence-electron chi connectivity index (χ2n) is 8.05. The van der Waals surface area contributed by atoms with Crippen LogP contribution in [-0.2, 0) is 13.9 Å². The highest BCUT2D eigenvalue weighted by Gasteiger charge is 2.50. The van der Waals surface area contributed by atoms with Crippen molar-refractivity contribution in [2.45, 2.75) is 31.9 Å². The van der Waals surface area contributed by atoms with Crippen molar-refractivity contribution < 1.29 is 13.9 Å². The van der Waals surface area contributed by atoms with Crippen molar-refractivity contribution in [2.24, 2.45) is 5.92 Å². The molecule has 3 rings (SSSR count). The lowest BCUT2D eigenvalue weighted by atomic mass is 10.1. The highest BCUT2D eigenvalue weighted by atomic mass is 28.4. The Morgan fingerprint density at radius 3 is 1.92 bits per heavy atom. The van der Waals surface area contributed by atoms with Gasteiger partial charge in [-0.1, -0.05) is 81.4 Å². The SMILES string of the molecule is COC1COCC1CO[Si](c1ccccc1)(c1ccccc1)C(C)(C)C. The first kappa shape index (κ1) is 19.3. The summed E-state index contributed by atoms with van der Waals surface area (Å²) in [6.07, 6.45) is 0.119. The predicted octanol–water partition coefficient (Wildman–Crippen LogP) is 3.22. The molecular weight excluding hydrogens is 340 g/mol. The van der Waals surface area contributed by atoms with E-state index in [1.165, 1.54) is 10.4 Å². The van der Waals surface area contributed by atoms with Gasteiger partial charge in [0.1, 0.15) is 0 Å². The lowest BCUT2D eigenvalue weighted by Crippen LogP contribution is -2.67. The van der Waals surface area contributed by atoms with Crippen molar-refractivity contribution in [3.05, 3.63) is 60.7 Å². The third kappa shape index (κ3) is 3.65. The van der Waals surface area contributed by atoms with Gasteiger partial charge >= 0.3 is 0 Å². The zero-order valence-corrected chi connectivity index (χ0v) is 17.3. The molecule has 1 saturated heterocycles. The number of methoxy groups -OCH3 is 1. The molecule has 0 aromatic heterocycles. The average molecular weight is 371 g/mol. The van der Waals surface area contributed by atoms with Gasteiger partial charge in [0, 0.05) is 19.6 Å². The normalized spacial score (nSPS) is 21.1. The molecule has 2 aromatic rings. The second kappa shape index (κ2) is 8.05. The molecule has 1 aliphatic heterocycles. The van der Waals surface area contributed by atoms with E-state index < -0.39 is 8.32 Å². The summed E-state index contributed by atoms with van der Waals surface area (Å²) >= 11 is 0. The fourth-order valence-electron chi connectivity index (χ4n) is 3.99. The molecule has 0 N–H and O–H groups in total. The summed E-state index contributed by atoms with van der Waals surface area (Å²) in [5.41, 5.74) is 0. The minimum absolute atomic E-state index is 0.00225. The Bertz CT molecular complexity index is 642. The van der Waals surface area contributed by atoms with Gasteiger partial charge in [0.25, 0.3) is 8.32 Å². The summed E-state index contributed by atoms with van der Waals surface area (Å²) in [5, 5.41) is 2.62. The zero-order chi connectivity index (χ0) is 18.6. The summed E-state index contributed by atoms with van der Waals surface area (Å²) in [5.74, 6) is 0.279. The van der Waals surface area contributed by atoms with Gasteiger partial charge in [0.05, 0.1) is 19.3 Å². The number of rotatable bonds is 6. The maximum absolute atomic E-state index is 6.96. The van der Waals surface area contributed by atoms with Crippen LogP contribution in [0.2, 0.25) is 5.04 Å². The second-order valence-corrected chi connectivity index (χ2v) is 12.4. The van der Waals surface area contributed by atoms with E-state index in [0.29, 0.717) is 19.8 Å². The van der Waals surface area contributed by atoms with Crippen molar-refractivity contribution in [3.63, 3.8) is 0 Å². The van der Waals surface area contributed by atoms with E-state index in [2.05, 4.69) is 81.4 Å². The van der Waals surface area contributed by atoms with E-state index >= 15 is 0 Å². The molecule has 0 aliphatic carbocycles. The van der Waals surface area contributed by atoms with Crippen molar-refractivity contribution >= 4 is 18.7 Å². The predicted molar refractivity (Wildman–Crippen MR) is 109 cm³/mol. The molecule has 0 bridgehead atoms. The van der Waals surface area contributed by atoms with Crippen LogP contribution >= 0.6 is 0 Å². The molecule has 140 valence electrons. The van der Waals surface area contributed by atoms with Crippen LogP contribution in [0.15, 0.2) is 60.7 Å². The summed E-state index contributed by atoms with van der Waals surface area (Å²) in [6, 6.07) is 21.5. The molecule has 1 fully saturated rings. The van der Waals surface area contributed by atoms with Crippen LogP contribution in [0.25, 0.3) is 0 Å². The molecule has 26 heavy (non-hydrogen) atoms. The van der Waals surface area contributed by atoms with Gasteiger partial charge in [0.2, 0.25) is 0 Å². The van der Waals surface area contributed by atoms with Gasteiger partial charge in [-0.15, -0.1) is 0 Å². The first-order valence-electron chi connectivity index (χ1n) is 9.34. The maximum Gasteiger partial charge on any atom is 0.261 e. The first-order valence-corrected chi connectivity index (χ1v) is 11.3. The van der Waals surface area contributed by atoms with Gasteiger partial charge in [-0.05, 0) is 15.4 Å². The minimum Gasteiger partial charge on any atom is -0.407 e. The Labute approximate surface area is 158 Å². The third-order valence-electron chi connectivity index (χ3n) is 5.37. The van der Waals surface area contributed by atoms with Crippen molar-refractivity contribution in [1.29, 1.82) is 0 Å². The van der Waals surface area contributed by atoms with Gasteiger partial charge < -0.3 is 13.9 Å². The van der Waals surface area contributed by atoms with E-state index in [-0.39, 0.29) is 17.1 Å². The summed E-state index contributed by atoms with van der Waals surface area (Å²) < 4.78 is 18.2. The summed E-state index contributed by atoms with van der Waals surface area (Å²) in [4.78, 5) is 0. The first-order chi connectivity index (χ1) is 12.5. The van der Waals surface area contributed by atoms with Crippen molar-refractivity contribution in [1.82, 2.24) is 0 Å². The fourth-order valence-corrected chi connectivity index (χ4v) is 8.61. The van der Waals surface area contributed by atoms with Crippen molar-refractivity contribution in [3.8, 4) is 0 Å². The number of benzene rings is 2. The van der Waals surface area contributed by atoms with E-state index in [1.54, 1.807) is 7.11 Å². The van der Waals surface area contributed by atoms with Crippen molar-refractivity contribution in [2.75, 3.05) is 26.9 Å². The molecule has 0 saturated carbocycles. The van der Waals surface area contributed by atoms with Crippen LogP contribution in [0.1, 0.15) is 20.8 Å². The molecule has 0 amide bonds. The largest absolute Gasteiger partial charge is 0.407 e. The molecule has 4 heteroatoms. The van der Waals surface area contributed by atoms with Crippen LogP contribution in [0.3, 0.4) is 0 Å². The summed E-state index contributed by atoms with van der Waals surface area (Å²) in [7, 11) is -0.711. The van der Waals surface area contributed by atoms with Crippen LogP contribution in [0.4, 0.5) is 0 Å². The van der Waals surface area contributed by atoms with Crippen LogP contribution < -0.4 is 10.4 Å². The van der Waals surface area contributed by atoms with Gasteiger partial charge in [0.15, 0.2) is 0 Å². The topological polar surface area (TPSA) is 27.7 Å². The van der Waals surface area contributed by atoms with E-state index in [9.17, 15) is 0 Å². The monoisotopic (exact) mass is 370 g/mol. The van der Waals surface area contributed by atoms with Crippen LogP contribution in [0, 0.1) is 5.92 Å². The Balaban J connectivity index is 2.03. The van der Waals surface area contributed by atoms with E-state index in [4.69, 9.17) is 13.9 Å². The average Bonchev–Trinajstić information content (AvgIpc) is 3.10. The number of hydrogen-bond donors (Lipinski definition) is 0. The molecule has 3 nitrogen and oxygen atoms in total. The van der Waals surface area contributed by atoms with Crippen LogP contribution in [0.5, 0.6) is 0 Å². The Morgan fingerprint density at radius 1 is 0.923 bits per heavy atom. The fraction of sp³-hybridized carbons (Fsp3) is 0.455. The lowest BCUT2D eigenvalue weighted by Gasteiger charge is -2.43. The molecule has 2 aromatic carbocycles. The van der Waals surface area contributed by atoms with Gasteiger partial charge in [-0.25, -0.2) is 0 Å². The highest BCUT2D eigenvalue weighted by Crippen LogP contribution is 2.37. The van der Waals surface area contributed by atoms with E-state index in [1.807, 2.05) is 0 Å². The molecule has 2 atom stereocenters. The Kier molecular flexibility index (Phi) is 5.98. The molecule has 1 heterocycles. The molecule has 1 aliphatic rings. The van der Waals surface area contributed by atoms with Crippen LogP contribution in [-0.4, -0.2) is 41.4 Å². The minimum atomic E-state index is -2.47. The number of hydrogen-bond acceptors (Lipinski definition) is 3. The molecule has 2 unspecified atom stereocenters. The number of ether oxygens (including phenoxy) is 2.